The van der Waals surface area contributed by atoms with Crippen LogP contribution in [0.5, 0.6) is 5.88 Å². The molecule has 0 saturated carbocycles. The molecule has 1 N–H and O–H groups in total. The zero-order valence-corrected chi connectivity index (χ0v) is 22.6. The van der Waals surface area contributed by atoms with Crippen molar-refractivity contribution in [1.82, 2.24) is 35.2 Å². The van der Waals surface area contributed by atoms with Gasteiger partial charge < -0.3 is 15.0 Å². The number of aryl methyl sites for hydroxylation is 1. The molecule has 0 radical (unpaired) electrons. The Morgan fingerprint density at radius 1 is 1.05 bits per heavy atom. The van der Waals surface area contributed by atoms with Gasteiger partial charge in [0.25, 0.3) is 0 Å². The summed E-state index contributed by atoms with van der Waals surface area (Å²) in [7, 11) is 2.08. The van der Waals surface area contributed by atoms with E-state index in [2.05, 4.69) is 32.6 Å². The molecule has 5 aromatic rings. The number of nitrogens with one attached hydrogen (secondary N) is 1. The third-order valence-electron chi connectivity index (χ3n) is 8.52. The molecule has 0 aliphatic carbocycles. The number of likely N-dealkylation sites (tertiary alicyclic amines) is 1. The molecule has 3 aromatic heterocycles. The van der Waals surface area contributed by atoms with Crippen LogP contribution in [0.1, 0.15) is 37.3 Å². The smallest absolute Gasteiger partial charge is 0.245 e. The number of likely N-dealkylation sites (N-methyl/N-ethyl adjacent to an activating group) is 1. The monoisotopic (exact) mass is 543 g/mol. The quantitative estimate of drug-likeness (QED) is 0.327. The number of rotatable bonds is 5. The van der Waals surface area contributed by atoms with E-state index in [-0.39, 0.29) is 34.6 Å². The summed E-state index contributed by atoms with van der Waals surface area (Å²) in [5.41, 5.74) is 2.64. The van der Waals surface area contributed by atoms with Crippen molar-refractivity contribution in [3.8, 4) is 17.0 Å². The molecule has 2 aromatic carbocycles. The predicted molar refractivity (Wildman–Crippen MR) is 151 cm³/mol. The minimum absolute atomic E-state index is 0.118. The molecule has 5 heterocycles. The van der Waals surface area contributed by atoms with Crippen LogP contribution in [0, 0.1) is 18.6 Å². The number of hydrogen-bond donors (Lipinski definition) is 1. The summed E-state index contributed by atoms with van der Waals surface area (Å²) < 4.78 is 40.3. The molecule has 2 aliphatic heterocycles. The van der Waals surface area contributed by atoms with Crippen LogP contribution in [0.25, 0.3) is 44.0 Å². The first kappa shape index (κ1) is 25.2. The molecule has 2 fully saturated rings. The molecule has 206 valence electrons. The summed E-state index contributed by atoms with van der Waals surface area (Å²) in [4.78, 5) is 11.4. The van der Waals surface area contributed by atoms with Gasteiger partial charge in [-0.25, -0.2) is 18.4 Å². The van der Waals surface area contributed by atoms with E-state index in [4.69, 9.17) is 9.72 Å². The third kappa shape index (κ3) is 4.08. The SMILES string of the molecule is Cc1cc2c(nc(OCC3CCCN3C)c3nnn(C4CCNCC4)c32)c(F)c1-c1c(F)ccc2cccnc12. The highest BCUT2D eigenvalue weighted by molar-refractivity contribution is 6.07. The van der Waals surface area contributed by atoms with E-state index < -0.39 is 11.6 Å². The Labute approximate surface area is 230 Å². The van der Waals surface area contributed by atoms with E-state index >= 15 is 8.78 Å². The standard InChI is InChI=1S/C30H31F2N7O/c1-17-15-21-27(25(32)23(17)24-22(31)8-7-18-5-3-11-34-26(18)24)35-30(40-16-20-6-4-14-38(20)2)28-29(21)39(37-36-28)19-9-12-33-13-10-19/h3,5,7-8,11,15,19-20,33H,4,6,9-10,12-14,16H2,1-2H3. The summed E-state index contributed by atoms with van der Waals surface area (Å²) in [6, 6.07) is 8.89. The molecule has 0 bridgehead atoms. The van der Waals surface area contributed by atoms with Crippen LogP contribution in [0.15, 0.2) is 36.5 Å². The zero-order valence-electron chi connectivity index (χ0n) is 22.6. The van der Waals surface area contributed by atoms with Crippen LogP contribution in [-0.2, 0) is 0 Å². The largest absolute Gasteiger partial charge is 0.474 e. The van der Waals surface area contributed by atoms with Crippen molar-refractivity contribution in [2.45, 2.75) is 44.7 Å². The maximum Gasteiger partial charge on any atom is 0.245 e. The summed E-state index contributed by atoms with van der Waals surface area (Å²) in [6.45, 7) is 4.98. The molecular weight excluding hydrogens is 512 g/mol. The predicted octanol–water partition coefficient (Wildman–Crippen LogP) is 5.18. The molecular formula is C30H31F2N7O. The fraction of sp³-hybridized carbons (Fsp3) is 0.400. The topological polar surface area (TPSA) is 81.0 Å². The number of fused-ring (bicyclic) bond motifs is 4. The van der Waals surface area contributed by atoms with Gasteiger partial charge in [0.15, 0.2) is 11.3 Å². The molecule has 1 unspecified atom stereocenters. The van der Waals surface area contributed by atoms with Crippen molar-refractivity contribution in [1.29, 1.82) is 0 Å². The lowest BCUT2D eigenvalue weighted by Crippen LogP contribution is -2.30. The van der Waals surface area contributed by atoms with E-state index in [1.54, 1.807) is 25.3 Å². The Kier molecular flexibility index (Phi) is 6.31. The lowest BCUT2D eigenvalue weighted by atomic mass is 9.94. The third-order valence-corrected chi connectivity index (χ3v) is 8.52. The van der Waals surface area contributed by atoms with Crippen molar-refractivity contribution in [2.24, 2.45) is 0 Å². The average Bonchev–Trinajstić information content (AvgIpc) is 3.60. The lowest BCUT2D eigenvalue weighted by Gasteiger charge is -2.24. The highest BCUT2D eigenvalue weighted by Gasteiger charge is 2.28. The second-order valence-electron chi connectivity index (χ2n) is 11.0. The number of benzene rings is 2. The van der Waals surface area contributed by atoms with Crippen LogP contribution in [-0.4, -0.2) is 69.2 Å². The summed E-state index contributed by atoms with van der Waals surface area (Å²) in [5.74, 6) is -0.876. The molecule has 1 atom stereocenters. The summed E-state index contributed by atoms with van der Waals surface area (Å²) in [6.07, 6.45) is 5.51. The highest BCUT2D eigenvalue weighted by Crippen LogP contribution is 2.41. The van der Waals surface area contributed by atoms with Gasteiger partial charge in [-0.05, 0) is 89.1 Å². The Bertz CT molecular complexity index is 1750. The molecule has 8 nitrogen and oxygen atoms in total. The van der Waals surface area contributed by atoms with E-state index in [9.17, 15) is 0 Å². The number of pyridine rings is 2. The second kappa shape index (κ2) is 10.0. The molecule has 7 rings (SSSR count). The Morgan fingerprint density at radius 2 is 1.90 bits per heavy atom. The summed E-state index contributed by atoms with van der Waals surface area (Å²) in [5, 5.41) is 13.8. The van der Waals surface area contributed by atoms with Gasteiger partial charge in [0.1, 0.15) is 23.5 Å². The zero-order chi connectivity index (χ0) is 27.4. The van der Waals surface area contributed by atoms with Crippen molar-refractivity contribution in [3.63, 3.8) is 0 Å². The van der Waals surface area contributed by atoms with Crippen molar-refractivity contribution >= 4 is 32.8 Å². The Hall–Kier alpha value is -3.76. The van der Waals surface area contributed by atoms with Crippen molar-refractivity contribution in [2.75, 3.05) is 33.3 Å². The van der Waals surface area contributed by atoms with E-state index in [1.165, 1.54) is 6.07 Å². The first-order valence-corrected chi connectivity index (χ1v) is 14.0. The first-order valence-electron chi connectivity index (χ1n) is 14.0. The normalized spacial score (nSPS) is 18.9. The van der Waals surface area contributed by atoms with Gasteiger partial charge in [0, 0.05) is 34.1 Å². The van der Waals surface area contributed by atoms with E-state index in [0.717, 1.165) is 50.7 Å². The van der Waals surface area contributed by atoms with Crippen LogP contribution in [0.3, 0.4) is 0 Å². The number of hydrogen-bond acceptors (Lipinski definition) is 7. The lowest BCUT2D eigenvalue weighted by molar-refractivity contribution is 0.195. The number of nitrogens with zero attached hydrogens (tertiary/aromatic N) is 6. The average molecular weight is 544 g/mol. The van der Waals surface area contributed by atoms with Crippen molar-refractivity contribution in [3.05, 3.63) is 53.7 Å². The van der Waals surface area contributed by atoms with Gasteiger partial charge in [-0.3, -0.25) is 4.98 Å². The van der Waals surface area contributed by atoms with Gasteiger partial charge in [-0.15, -0.1) is 5.10 Å². The van der Waals surface area contributed by atoms with Crippen LogP contribution in [0.4, 0.5) is 8.78 Å². The molecule has 0 amide bonds. The Morgan fingerprint density at radius 3 is 2.70 bits per heavy atom. The minimum atomic E-state index is -0.602. The van der Waals surface area contributed by atoms with Crippen LogP contribution in [0.2, 0.25) is 0 Å². The fourth-order valence-corrected chi connectivity index (χ4v) is 6.34. The second-order valence-corrected chi connectivity index (χ2v) is 11.0. The summed E-state index contributed by atoms with van der Waals surface area (Å²) >= 11 is 0. The van der Waals surface area contributed by atoms with Gasteiger partial charge in [-0.2, -0.15) is 0 Å². The minimum Gasteiger partial charge on any atom is -0.474 e. The number of aromatic nitrogens is 5. The fourth-order valence-electron chi connectivity index (χ4n) is 6.34. The van der Waals surface area contributed by atoms with Crippen LogP contribution < -0.4 is 10.1 Å². The molecule has 0 spiro atoms. The molecule has 2 aliphatic rings. The van der Waals surface area contributed by atoms with E-state index in [0.29, 0.717) is 34.1 Å². The number of halogens is 2. The number of piperidine rings is 1. The van der Waals surface area contributed by atoms with Gasteiger partial charge >= 0.3 is 0 Å². The van der Waals surface area contributed by atoms with Gasteiger partial charge in [0.2, 0.25) is 5.88 Å². The number of ether oxygens (including phenoxy) is 1. The molecule has 2 saturated heterocycles. The molecule has 40 heavy (non-hydrogen) atoms. The van der Waals surface area contributed by atoms with Crippen molar-refractivity contribution < 1.29 is 13.5 Å². The maximum absolute atomic E-state index is 16.7. The van der Waals surface area contributed by atoms with Gasteiger partial charge in [-0.1, -0.05) is 11.3 Å². The van der Waals surface area contributed by atoms with Crippen LogP contribution >= 0.6 is 0 Å². The van der Waals surface area contributed by atoms with E-state index in [1.807, 2.05) is 16.8 Å². The molecule has 10 heteroatoms. The highest BCUT2D eigenvalue weighted by atomic mass is 19.1. The first-order chi connectivity index (χ1) is 19.5. The van der Waals surface area contributed by atoms with Gasteiger partial charge in [0.05, 0.1) is 11.6 Å². The Balaban J connectivity index is 1.47. The maximum atomic E-state index is 16.7.